The molecule has 0 saturated carbocycles. The van der Waals surface area contributed by atoms with Crippen LogP contribution in [0.2, 0.25) is 0 Å². The van der Waals surface area contributed by atoms with Gasteiger partial charge in [-0.1, -0.05) is 34.1 Å². The standard InChI is InChI=1S/C18H16BrNO2S/c1-12(17-10-13-4-2-3-5-16(13)22-17)20-18(21)11-23-15-8-6-14(19)7-9-15/h2-10,12H,11H2,1H3,(H,20,21)/t12-/m0/s1. The minimum absolute atomic E-state index is 0.00845. The molecule has 1 aromatic heterocycles. The van der Waals surface area contributed by atoms with Gasteiger partial charge < -0.3 is 9.73 Å². The van der Waals surface area contributed by atoms with Crippen LogP contribution < -0.4 is 5.32 Å². The van der Waals surface area contributed by atoms with Crippen molar-refractivity contribution in [1.82, 2.24) is 5.32 Å². The van der Waals surface area contributed by atoms with Gasteiger partial charge in [0.25, 0.3) is 0 Å². The average molecular weight is 390 g/mol. The SMILES string of the molecule is C[C@H](NC(=O)CSc1ccc(Br)cc1)c1cc2ccccc2o1. The molecule has 3 nitrogen and oxygen atoms in total. The number of para-hydroxylation sites is 1. The summed E-state index contributed by atoms with van der Waals surface area (Å²) in [6.07, 6.45) is 0. The van der Waals surface area contributed by atoms with E-state index in [1.165, 1.54) is 11.8 Å². The monoisotopic (exact) mass is 389 g/mol. The maximum Gasteiger partial charge on any atom is 0.230 e. The van der Waals surface area contributed by atoms with Crippen LogP contribution in [0.3, 0.4) is 0 Å². The van der Waals surface area contributed by atoms with Gasteiger partial charge in [-0.25, -0.2) is 0 Å². The van der Waals surface area contributed by atoms with E-state index in [2.05, 4.69) is 21.2 Å². The number of carbonyl (C=O) groups is 1. The fourth-order valence-electron chi connectivity index (χ4n) is 2.25. The molecule has 23 heavy (non-hydrogen) atoms. The highest BCUT2D eigenvalue weighted by Crippen LogP contribution is 2.24. The highest BCUT2D eigenvalue weighted by atomic mass is 79.9. The number of hydrogen-bond donors (Lipinski definition) is 1. The van der Waals surface area contributed by atoms with Crippen molar-refractivity contribution in [2.45, 2.75) is 17.9 Å². The summed E-state index contributed by atoms with van der Waals surface area (Å²) >= 11 is 4.92. The quantitative estimate of drug-likeness (QED) is 0.612. The van der Waals surface area contributed by atoms with Crippen molar-refractivity contribution in [3.05, 3.63) is 64.8 Å². The van der Waals surface area contributed by atoms with E-state index >= 15 is 0 Å². The van der Waals surface area contributed by atoms with Gasteiger partial charge in [0.1, 0.15) is 11.3 Å². The molecule has 3 rings (SSSR count). The van der Waals surface area contributed by atoms with Crippen LogP contribution in [0.5, 0.6) is 0 Å². The Morgan fingerprint density at radius 3 is 2.70 bits per heavy atom. The van der Waals surface area contributed by atoms with E-state index in [9.17, 15) is 4.79 Å². The lowest BCUT2D eigenvalue weighted by Crippen LogP contribution is -2.27. The predicted octanol–water partition coefficient (Wildman–Crippen LogP) is 5.16. The molecule has 1 N–H and O–H groups in total. The van der Waals surface area contributed by atoms with Crippen molar-refractivity contribution < 1.29 is 9.21 Å². The minimum atomic E-state index is -0.152. The van der Waals surface area contributed by atoms with E-state index in [-0.39, 0.29) is 11.9 Å². The highest BCUT2D eigenvalue weighted by Gasteiger charge is 2.14. The number of halogens is 1. The first kappa shape index (κ1) is 16.1. The van der Waals surface area contributed by atoms with Gasteiger partial charge in [0.2, 0.25) is 5.91 Å². The zero-order valence-electron chi connectivity index (χ0n) is 12.6. The summed E-state index contributed by atoms with van der Waals surface area (Å²) in [6, 6.07) is 17.6. The third-order valence-electron chi connectivity index (χ3n) is 3.43. The molecule has 2 aromatic carbocycles. The number of fused-ring (bicyclic) bond motifs is 1. The number of carbonyl (C=O) groups excluding carboxylic acids is 1. The van der Waals surface area contributed by atoms with E-state index in [4.69, 9.17) is 4.42 Å². The zero-order chi connectivity index (χ0) is 16.2. The predicted molar refractivity (Wildman–Crippen MR) is 97.6 cm³/mol. The molecule has 0 fully saturated rings. The third kappa shape index (κ3) is 4.18. The fourth-order valence-corrected chi connectivity index (χ4v) is 3.22. The summed E-state index contributed by atoms with van der Waals surface area (Å²) in [4.78, 5) is 13.2. The number of hydrogen-bond acceptors (Lipinski definition) is 3. The van der Waals surface area contributed by atoms with Crippen LogP contribution in [0.25, 0.3) is 11.0 Å². The molecule has 118 valence electrons. The van der Waals surface area contributed by atoms with Crippen molar-refractivity contribution in [1.29, 1.82) is 0 Å². The molecule has 0 radical (unpaired) electrons. The minimum Gasteiger partial charge on any atom is -0.459 e. The molecule has 0 aliphatic carbocycles. The van der Waals surface area contributed by atoms with E-state index in [0.29, 0.717) is 5.75 Å². The molecule has 0 saturated heterocycles. The normalized spacial score (nSPS) is 12.3. The molecule has 5 heteroatoms. The second-order valence-corrected chi connectivity index (χ2v) is 7.18. The van der Waals surface area contributed by atoms with Crippen LogP contribution >= 0.6 is 27.7 Å². The molecule has 1 heterocycles. The molecule has 1 atom stereocenters. The molecule has 1 amide bonds. The molecule has 0 aliphatic heterocycles. The Labute approximate surface area is 147 Å². The van der Waals surface area contributed by atoms with E-state index in [1.807, 2.05) is 61.5 Å². The van der Waals surface area contributed by atoms with Crippen LogP contribution in [-0.4, -0.2) is 11.7 Å². The Kier molecular flexibility index (Phi) is 5.08. The lowest BCUT2D eigenvalue weighted by atomic mass is 10.2. The number of nitrogens with one attached hydrogen (secondary N) is 1. The number of benzene rings is 2. The molecule has 3 aromatic rings. The molecule has 0 bridgehead atoms. The summed E-state index contributed by atoms with van der Waals surface area (Å²) in [5.41, 5.74) is 0.841. The van der Waals surface area contributed by atoms with Gasteiger partial charge in [-0.3, -0.25) is 4.79 Å². The number of amides is 1. The van der Waals surface area contributed by atoms with Gasteiger partial charge in [0.05, 0.1) is 11.8 Å². The lowest BCUT2D eigenvalue weighted by molar-refractivity contribution is -0.119. The van der Waals surface area contributed by atoms with Gasteiger partial charge in [0, 0.05) is 14.8 Å². The average Bonchev–Trinajstić information content (AvgIpc) is 2.98. The number of rotatable bonds is 5. The first-order valence-electron chi connectivity index (χ1n) is 7.28. The summed E-state index contributed by atoms with van der Waals surface area (Å²) in [6.45, 7) is 1.93. The molecule has 0 aliphatic rings. The first-order chi connectivity index (χ1) is 11.1. The van der Waals surface area contributed by atoms with Crippen LogP contribution in [0, 0.1) is 0 Å². The van der Waals surface area contributed by atoms with Gasteiger partial charge in [-0.15, -0.1) is 11.8 Å². The van der Waals surface area contributed by atoms with Crippen molar-refractivity contribution >= 4 is 44.6 Å². The van der Waals surface area contributed by atoms with Crippen LogP contribution in [0.1, 0.15) is 18.7 Å². The van der Waals surface area contributed by atoms with Gasteiger partial charge in [0.15, 0.2) is 0 Å². The van der Waals surface area contributed by atoms with Crippen LogP contribution in [0.4, 0.5) is 0 Å². The van der Waals surface area contributed by atoms with E-state index in [0.717, 1.165) is 26.1 Å². The third-order valence-corrected chi connectivity index (χ3v) is 4.97. The fraction of sp³-hybridized carbons (Fsp3) is 0.167. The van der Waals surface area contributed by atoms with Crippen LogP contribution in [-0.2, 0) is 4.79 Å². The van der Waals surface area contributed by atoms with Gasteiger partial charge >= 0.3 is 0 Å². The second kappa shape index (κ2) is 7.23. The van der Waals surface area contributed by atoms with Crippen molar-refractivity contribution in [2.75, 3.05) is 5.75 Å². The lowest BCUT2D eigenvalue weighted by Gasteiger charge is -2.11. The Hall–Kier alpha value is -1.72. The zero-order valence-corrected chi connectivity index (χ0v) is 15.0. The summed E-state index contributed by atoms with van der Waals surface area (Å²) in [7, 11) is 0. The largest absolute Gasteiger partial charge is 0.459 e. The molecular weight excluding hydrogens is 374 g/mol. The van der Waals surface area contributed by atoms with Crippen LogP contribution in [0.15, 0.2) is 68.4 Å². The Morgan fingerprint density at radius 2 is 1.96 bits per heavy atom. The molecular formula is C18H16BrNO2S. The maximum atomic E-state index is 12.1. The summed E-state index contributed by atoms with van der Waals surface area (Å²) in [5, 5.41) is 4.02. The van der Waals surface area contributed by atoms with Crippen molar-refractivity contribution in [3.8, 4) is 0 Å². The smallest absolute Gasteiger partial charge is 0.230 e. The first-order valence-corrected chi connectivity index (χ1v) is 9.06. The molecule has 0 unspecified atom stereocenters. The maximum absolute atomic E-state index is 12.1. The topological polar surface area (TPSA) is 42.2 Å². The van der Waals surface area contributed by atoms with Gasteiger partial charge in [-0.2, -0.15) is 0 Å². The Balaban J connectivity index is 1.57. The van der Waals surface area contributed by atoms with Crippen molar-refractivity contribution in [3.63, 3.8) is 0 Å². The van der Waals surface area contributed by atoms with Crippen molar-refractivity contribution in [2.24, 2.45) is 0 Å². The second-order valence-electron chi connectivity index (χ2n) is 5.22. The van der Waals surface area contributed by atoms with E-state index < -0.39 is 0 Å². The van der Waals surface area contributed by atoms with E-state index in [1.54, 1.807) is 0 Å². The highest BCUT2D eigenvalue weighted by molar-refractivity contribution is 9.10. The Morgan fingerprint density at radius 1 is 1.22 bits per heavy atom. The number of thioether (sulfide) groups is 1. The summed E-state index contributed by atoms with van der Waals surface area (Å²) < 4.78 is 6.81. The Bertz CT molecular complexity index is 780. The summed E-state index contributed by atoms with van der Waals surface area (Å²) in [5.74, 6) is 1.14. The van der Waals surface area contributed by atoms with Gasteiger partial charge in [-0.05, 0) is 43.3 Å². The number of furan rings is 1. The molecule has 0 spiro atoms.